The molecule has 0 bridgehead atoms. The number of halogens is 2. The number of aromatic nitrogens is 2. The Morgan fingerprint density at radius 1 is 1.17 bits per heavy atom. The fourth-order valence-corrected chi connectivity index (χ4v) is 5.04. The fourth-order valence-electron chi connectivity index (χ4n) is 4.93. The maximum Gasteiger partial charge on any atom is 0.130 e. The zero-order valence-corrected chi connectivity index (χ0v) is 16.9. The van der Waals surface area contributed by atoms with Crippen molar-refractivity contribution >= 4 is 28.3 Å². The molecule has 0 radical (unpaired) electrons. The highest BCUT2D eigenvalue weighted by molar-refractivity contribution is 6.30. The van der Waals surface area contributed by atoms with Crippen molar-refractivity contribution in [1.29, 1.82) is 0 Å². The number of pyridine rings is 2. The SMILES string of the molecule is CC(C[C@@H]1[C@H]2C[C@H](Oc3ccnc4ccc(F)cc34)C[C@@H]12)Nc1ccc(Cl)cn1. The lowest BCUT2D eigenvalue weighted by Gasteiger charge is -2.20. The lowest BCUT2D eigenvalue weighted by atomic mass is 10.0. The van der Waals surface area contributed by atoms with E-state index in [1.165, 1.54) is 12.1 Å². The van der Waals surface area contributed by atoms with Gasteiger partial charge in [-0.05, 0) is 80.3 Å². The standard InChI is InChI=1S/C23H23ClFN3O/c1-13(28-23-5-2-14(24)12-27-23)8-17-18-10-16(11-19(17)18)29-22-6-7-26-21-4-3-15(25)9-20(21)22/h2-7,9,12-13,16-19H,8,10-11H2,1H3,(H,27,28)/t13?,16-,17+,18+,19-. The van der Waals surface area contributed by atoms with Crippen LogP contribution in [0.25, 0.3) is 10.9 Å². The maximum absolute atomic E-state index is 13.6. The van der Waals surface area contributed by atoms with Crippen molar-refractivity contribution in [2.45, 2.75) is 38.3 Å². The number of benzene rings is 1. The van der Waals surface area contributed by atoms with Gasteiger partial charge in [0.05, 0.1) is 16.6 Å². The highest BCUT2D eigenvalue weighted by atomic mass is 35.5. The van der Waals surface area contributed by atoms with Crippen LogP contribution in [0.4, 0.5) is 10.2 Å². The van der Waals surface area contributed by atoms with Crippen LogP contribution in [-0.2, 0) is 0 Å². The Morgan fingerprint density at radius 2 is 2.00 bits per heavy atom. The Balaban J connectivity index is 1.16. The van der Waals surface area contributed by atoms with Crippen molar-refractivity contribution in [3.05, 3.63) is 59.6 Å². The second kappa shape index (κ2) is 7.45. The molecular formula is C23H23ClFN3O. The molecule has 4 nitrogen and oxygen atoms in total. The third-order valence-electron chi connectivity index (χ3n) is 6.28. The van der Waals surface area contributed by atoms with Gasteiger partial charge >= 0.3 is 0 Å². The van der Waals surface area contributed by atoms with Crippen LogP contribution in [-0.4, -0.2) is 22.1 Å². The first-order valence-electron chi connectivity index (χ1n) is 10.2. The third kappa shape index (κ3) is 3.88. The largest absolute Gasteiger partial charge is 0.490 e. The molecule has 0 amide bonds. The van der Waals surface area contributed by atoms with Gasteiger partial charge in [0.15, 0.2) is 0 Å². The van der Waals surface area contributed by atoms with E-state index < -0.39 is 0 Å². The summed E-state index contributed by atoms with van der Waals surface area (Å²) in [6, 6.07) is 10.6. The first-order chi connectivity index (χ1) is 14.1. The molecule has 2 aromatic heterocycles. The minimum atomic E-state index is -0.263. The van der Waals surface area contributed by atoms with Crippen LogP contribution in [0.1, 0.15) is 26.2 Å². The van der Waals surface area contributed by atoms with Crippen LogP contribution in [0.5, 0.6) is 5.75 Å². The van der Waals surface area contributed by atoms with Crippen molar-refractivity contribution in [1.82, 2.24) is 9.97 Å². The molecule has 0 spiro atoms. The van der Waals surface area contributed by atoms with Crippen LogP contribution in [0.3, 0.4) is 0 Å². The summed E-state index contributed by atoms with van der Waals surface area (Å²) in [7, 11) is 0. The van der Waals surface area contributed by atoms with Gasteiger partial charge in [0.1, 0.15) is 17.4 Å². The minimum absolute atomic E-state index is 0.205. The average molecular weight is 412 g/mol. The van der Waals surface area contributed by atoms with E-state index >= 15 is 0 Å². The quantitative estimate of drug-likeness (QED) is 0.563. The number of hydrogen-bond donors (Lipinski definition) is 1. The van der Waals surface area contributed by atoms with E-state index in [2.05, 4.69) is 22.2 Å². The second-order valence-corrected chi connectivity index (χ2v) is 8.75. The summed E-state index contributed by atoms with van der Waals surface area (Å²) in [6.07, 6.45) is 6.87. The normalized spacial score (nSPS) is 26.2. The molecule has 6 heteroatoms. The summed E-state index contributed by atoms with van der Waals surface area (Å²) in [5.74, 6) is 3.55. The van der Waals surface area contributed by atoms with Crippen molar-refractivity contribution < 1.29 is 9.13 Å². The minimum Gasteiger partial charge on any atom is -0.490 e. The molecule has 2 fully saturated rings. The molecule has 3 aromatic rings. The molecule has 1 N–H and O–H groups in total. The zero-order chi connectivity index (χ0) is 20.0. The molecule has 2 heterocycles. The summed E-state index contributed by atoms with van der Waals surface area (Å²) in [5.41, 5.74) is 0.764. The summed E-state index contributed by atoms with van der Waals surface area (Å²) in [5, 5.41) is 4.86. The molecule has 2 aliphatic carbocycles. The Bertz CT molecular complexity index is 1020. The first-order valence-corrected chi connectivity index (χ1v) is 10.5. The van der Waals surface area contributed by atoms with Gasteiger partial charge in [-0.25, -0.2) is 9.37 Å². The molecule has 2 aliphatic rings. The summed E-state index contributed by atoms with van der Waals surface area (Å²) < 4.78 is 19.9. The Hall–Kier alpha value is -2.40. The fraction of sp³-hybridized carbons (Fsp3) is 0.391. The molecule has 0 aliphatic heterocycles. The van der Waals surface area contributed by atoms with E-state index in [1.54, 1.807) is 18.5 Å². The highest BCUT2D eigenvalue weighted by Crippen LogP contribution is 2.60. The number of nitrogens with zero attached hydrogens (tertiary/aromatic N) is 2. The van der Waals surface area contributed by atoms with Gasteiger partial charge in [0.2, 0.25) is 0 Å². The van der Waals surface area contributed by atoms with Crippen molar-refractivity contribution in [3.8, 4) is 5.75 Å². The van der Waals surface area contributed by atoms with E-state index in [4.69, 9.17) is 16.3 Å². The number of nitrogens with one attached hydrogen (secondary N) is 1. The van der Waals surface area contributed by atoms with E-state index in [1.807, 2.05) is 18.2 Å². The van der Waals surface area contributed by atoms with Crippen LogP contribution < -0.4 is 10.1 Å². The summed E-state index contributed by atoms with van der Waals surface area (Å²) >= 11 is 5.89. The molecule has 1 aromatic carbocycles. The number of hydrogen-bond acceptors (Lipinski definition) is 4. The van der Waals surface area contributed by atoms with E-state index in [0.717, 1.165) is 59.5 Å². The van der Waals surface area contributed by atoms with Crippen LogP contribution >= 0.6 is 11.6 Å². The first kappa shape index (κ1) is 18.6. The lowest BCUT2D eigenvalue weighted by molar-refractivity contribution is 0.187. The van der Waals surface area contributed by atoms with Gasteiger partial charge in [0, 0.05) is 23.8 Å². The van der Waals surface area contributed by atoms with E-state index in [-0.39, 0.29) is 11.9 Å². The van der Waals surface area contributed by atoms with Gasteiger partial charge in [-0.1, -0.05) is 11.6 Å². The van der Waals surface area contributed by atoms with E-state index in [0.29, 0.717) is 11.1 Å². The lowest BCUT2D eigenvalue weighted by Crippen LogP contribution is -2.20. The summed E-state index contributed by atoms with van der Waals surface area (Å²) in [6.45, 7) is 2.20. The molecular weight excluding hydrogens is 389 g/mol. The number of anilines is 1. The maximum atomic E-state index is 13.6. The molecule has 29 heavy (non-hydrogen) atoms. The van der Waals surface area contributed by atoms with Gasteiger partial charge in [-0.2, -0.15) is 0 Å². The van der Waals surface area contributed by atoms with Gasteiger partial charge in [-0.15, -0.1) is 0 Å². The summed E-state index contributed by atoms with van der Waals surface area (Å²) in [4.78, 5) is 8.61. The third-order valence-corrected chi connectivity index (χ3v) is 6.51. The Kier molecular flexibility index (Phi) is 4.78. The molecule has 0 saturated heterocycles. The van der Waals surface area contributed by atoms with Gasteiger partial charge in [0.25, 0.3) is 0 Å². The topological polar surface area (TPSA) is 47.0 Å². The van der Waals surface area contributed by atoms with Crippen molar-refractivity contribution in [2.75, 3.05) is 5.32 Å². The second-order valence-electron chi connectivity index (χ2n) is 8.32. The smallest absolute Gasteiger partial charge is 0.130 e. The average Bonchev–Trinajstić information content (AvgIpc) is 3.14. The number of fused-ring (bicyclic) bond motifs is 2. The van der Waals surface area contributed by atoms with Crippen molar-refractivity contribution in [2.24, 2.45) is 17.8 Å². The van der Waals surface area contributed by atoms with E-state index in [9.17, 15) is 4.39 Å². The molecule has 150 valence electrons. The molecule has 1 unspecified atom stereocenters. The van der Waals surface area contributed by atoms with Gasteiger partial charge in [-0.3, -0.25) is 4.98 Å². The highest BCUT2D eigenvalue weighted by Gasteiger charge is 2.56. The van der Waals surface area contributed by atoms with Crippen LogP contribution in [0.15, 0.2) is 48.8 Å². The predicted molar refractivity (Wildman–Crippen MR) is 113 cm³/mol. The Labute approximate surface area is 174 Å². The van der Waals surface area contributed by atoms with Crippen molar-refractivity contribution in [3.63, 3.8) is 0 Å². The number of ether oxygens (including phenoxy) is 1. The Morgan fingerprint density at radius 3 is 2.76 bits per heavy atom. The molecule has 2 saturated carbocycles. The van der Waals surface area contributed by atoms with Crippen LogP contribution in [0.2, 0.25) is 5.02 Å². The number of rotatable bonds is 6. The van der Waals surface area contributed by atoms with Crippen LogP contribution in [0, 0.1) is 23.6 Å². The zero-order valence-electron chi connectivity index (χ0n) is 16.2. The van der Waals surface area contributed by atoms with Gasteiger partial charge < -0.3 is 10.1 Å². The monoisotopic (exact) mass is 411 g/mol. The molecule has 5 rings (SSSR count). The predicted octanol–water partition coefficient (Wildman–Crippen LogP) is 5.72. The molecule has 5 atom stereocenters.